The van der Waals surface area contributed by atoms with Crippen LogP contribution in [-0.4, -0.2) is 11.9 Å². The SMILES string of the molecule is O=C(NC1CC1)c1ccc2c(c1)[C@H]1[C@@H]3CC[C@H](C3)[C@@H]1[C@H](c1ccccc1)N2. The average Bonchev–Trinajstić information content (AvgIpc) is 3.28. The highest BCUT2D eigenvalue weighted by Gasteiger charge is 2.53. The fourth-order valence-corrected chi connectivity index (χ4v) is 6.11. The summed E-state index contributed by atoms with van der Waals surface area (Å²) in [5.41, 5.74) is 4.87. The Balaban J connectivity index is 1.40. The number of nitrogens with one attached hydrogen (secondary N) is 2. The Morgan fingerprint density at radius 1 is 0.963 bits per heavy atom. The van der Waals surface area contributed by atoms with Crippen molar-refractivity contribution in [2.24, 2.45) is 17.8 Å². The number of hydrogen-bond donors (Lipinski definition) is 2. The van der Waals surface area contributed by atoms with Gasteiger partial charge in [0.2, 0.25) is 0 Å². The number of hydrogen-bond acceptors (Lipinski definition) is 2. The van der Waals surface area contributed by atoms with Gasteiger partial charge in [0.25, 0.3) is 5.91 Å². The lowest BCUT2D eigenvalue weighted by Crippen LogP contribution is -2.35. The van der Waals surface area contributed by atoms with Gasteiger partial charge in [0.05, 0.1) is 6.04 Å². The van der Waals surface area contributed by atoms with E-state index in [9.17, 15) is 4.79 Å². The summed E-state index contributed by atoms with van der Waals surface area (Å²) in [6, 6.07) is 18.1. The molecule has 0 saturated heterocycles. The van der Waals surface area contributed by atoms with Gasteiger partial charge in [-0.15, -0.1) is 0 Å². The van der Waals surface area contributed by atoms with Gasteiger partial charge in [-0.25, -0.2) is 0 Å². The molecule has 0 unspecified atom stereocenters. The van der Waals surface area contributed by atoms with Crippen LogP contribution < -0.4 is 10.6 Å². The van der Waals surface area contributed by atoms with Gasteiger partial charge in [-0.3, -0.25) is 4.79 Å². The fraction of sp³-hybridized carbons (Fsp3) is 0.458. The molecule has 0 spiro atoms. The number of amides is 1. The molecule has 0 aromatic heterocycles. The van der Waals surface area contributed by atoms with E-state index in [1.165, 1.54) is 36.1 Å². The van der Waals surface area contributed by atoms with Crippen LogP contribution in [0.5, 0.6) is 0 Å². The number of fused-ring (bicyclic) bond motifs is 7. The molecule has 2 aromatic carbocycles. The highest BCUT2D eigenvalue weighted by molar-refractivity contribution is 5.95. The van der Waals surface area contributed by atoms with E-state index in [1.54, 1.807) is 0 Å². The van der Waals surface area contributed by atoms with Crippen LogP contribution in [0.2, 0.25) is 0 Å². The maximum Gasteiger partial charge on any atom is 0.251 e. The van der Waals surface area contributed by atoms with E-state index in [1.807, 2.05) is 6.07 Å². The Morgan fingerprint density at radius 3 is 2.59 bits per heavy atom. The molecule has 3 nitrogen and oxygen atoms in total. The van der Waals surface area contributed by atoms with Gasteiger partial charge < -0.3 is 10.6 Å². The second-order valence-electron chi connectivity index (χ2n) is 9.02. The summed E-state index contributed by atoms with van der Waals surface area (Å²) < 4.78 is 0. The van der Waals surface area contributed by atoms with Gasteiger partial charge in [-0.2, -0.15) is 0 Å². The van der Waals surface area contributed by atoms with Crippen LogP contribution in [0.4, 0.5) is 5.69 Å². The van der Waals surface area contributed by atoms with E-state index in [2.05, 4.69) is 53.1 Å². The van der Waals surface area contributed by atoms with Crippen molar-refractivity contribution in [1.29, 1.82) is 0 Å². The Hall–Kier alpha value is -2.29. The Labute approximate surface area is 160 Å². The summed E-state index contributed by atoms with van der Waals surface area (Å²) in [4.78, 5) is 12.6. The second-order valence-corrected chi connectivity index (χ2v) is 9.02. The highest BCUT2D eigenvalue weighted by atomic mass is 16.1. The van der Waals surface area contributed by atoms with Crippen molar-refractivity contribution < 1.29 is 4.79 Å². The predicted octanol–water partition coefficient (Wildman–Crippen LogP) is 4.88. The molecule has 4 aliphatic rings. The molecule has 2 aromatic rings. The monoisotopic (exact) mass is 358 g/mol. The van der Waals surface area contributed by atoms with Crippen LogP contribution >= 0.6 is 0 Å². The summed E-state index contributed by atoms with van der Waals surface area (Å²) in [5, 5.41) is 7.00. The molecule has 6 rings (SSSR count). The van der Waals surface area contributed by atoms with Crippen LogP contribution in [0.15, 0.2) is 48.5 Å². The van der Waals surface area contributed by atoms with Crippen molar-refractivity contribution >= 4 is 11.6 Å². The van der Waals surface area contributed by atoms with Crippen LogP contribution in [0, 0.1) is 17.8 Å². The molecule has 3 saturated carbocycles. The van der Waals surface area contributed by atoms with Gasteiger partial charge in [-0.1, -0.05) is 30.3 Å². The number of benzene rings is 2. The first-order valence-electron chi connectivity index (χ1n) is 10.5. The molecule has 1 amide bonds. The van der Waals surface area contributed by atoms with Crippen molar-refractivity contribution in [3.05, 3.63) is 65.2 Å². The van der Waals surface area contributed by atoms with E-state index in [4.69, 9.17) is 0 Å². The zero-order chi connectivity index (χ0) is 18.0. The molecule has 3 heteroatoms. The zero-order valence-electron chi connectivity index (χ0n) is 15.5. The highest BCUT2D eigenvalue weighted by Crippen LogP contribution is 2.63. The Kier molecular flexibility index (Phi) is 3.41. The summed E-state index contributed by atoms with van der Waals surface area (Å²) in [6.45, 7) is 0. The quantitative estimate of drug-likeness (QED) is 0.821. The van der Waals surface area contributed by atoms with Crippen LogP contribution in [0.3, 0.4) is 0 Å². The maximum absolute atomic E-state index is 12.6. The third-order valence-electron chi connectivity index (χ3n) is 7.42. The topological polar surface area (TPSA) is 41.1 Å². The van der Waals surface area contributed by atoms with E-state index in [0.29, 0.717) is 23.9 Å². The summed E-state index contributed by atoms with van der Waals surface area (Å²) in [6.07, 6.45) is 6.34. The van der Waals surface area contributed by atoms with Gasteiger partial charge >= 0.3 is 0 Å². The number of rotatable bonds is 3. The lowest BCUT2D eigenvalue weighted by atomic mass is 9.68. The zero-order valence-corrected chi connectivity index (χ0v) is 15.5. The van der Waals surface area contributed by atoms with Gasteiger partial charge in [0.15, 0.2) is 0 Å². The van der Waals surface area contributed by atoms with Crippen molar-refractivity contribution in [1.82, 2.24) is 5.32 Å². The third-order valence-corrected chi connectivity index (χ3v) is 7.42. The van der Waals surface area contributed by atoms with Gasteiger partial charge in [0.1, 0.15) is 0 Å². The molecule has 2 bridgehead atoms. The molecule has 1 aliphatic heterocycles. The molecule has 2 N–H and O–H groups in total. The first kappa shape index (κ1) is 15.7. The molecular weight excluding hydrogens is 332 g/mol. The second kappa shape index (κ2) is 5.85. The smallest absolute Gasteiger partial charge is 0.251 e. The fourth-order valence-electron chi connectivity index (χ4n) is 6.11. The van der Waals surface area contributed by atoms with Crippen molar-refractivity contribution in [3.63, 3.8) is 0 Å². The Morgan fingerprint density at radius 2 is 1.78 bits per heavy atom. The molecular formula is C24H26N2O. The largest absolute Gasteiger partial charge is 0.378 e. The Bertz CT molecular complexity index is 889. The lowest BCUT2D eigenvalue weighted by Gasteiger charge is -2.43. The maximum atomic E-state index is 12.6. The summed E-state index contributed by atoms with van der Waals surface area (Å²) >= 11 is 0. The molecule has 1 heterocycles. The van der Waals surface area contributed by atoms with Crippen LogP contribution in [0.1, 0.15) is 65.5 Å². The summed E-state index contributed by atoms with van der Waals surface area (Å²) in [7, 11) is 0. The average molecular weight is 358 g/mol. The minimum Gasteiger partial charge on any atom is -0.378 e. The van der Waals surface area contributed by atoms with Gasteiger partial charge in [0, 0.05) is 17.3 Å². The predicted molar refractivity (Wildman–Crippen MR) is 107 cm³/mol. The standard InChI is InChI=1S/C24H26N2O/c27-24(25-18-9-10-18)17-8-11-20-19(13-17)21-15-6-7-16(12-15)22(21)23(26-20)14-4-2-1-3-5-14/h1-5,8,11,13,15-16,18,21-23,26H,6-7,9-10,12H2,(H,25,27)/t15-,16-,21-,22+,23+/m1/s1. The molecule has 0 radical (unpaired) electrons. The van der Waals surface area contributed by atoms with E-state index < -0.39 is 0 Å². The summed E-state index contributed by atoms with van der Waals surface area (Å²) in [5.74, 6) is 2.95. The molecule has 3 fully saturated rings. The van der Waals surface area contributed by atoms with Crippen molar-refractivity contribution in [3.8, 4) is 0 Å². The molecule has 5 atom stereocenters. The van der Waals surface area contributed by atoms with Crippen LogP contribution in [0.25, 0.3) is 0 Å². The van der Waals surface area contributed by atoms with E-state index >= 15 is 0 Å². The third kappa shape index (κ3) is 2.51. The van der Waals surface area contributed by atoms with E-state index in [0.717, 1.165) is 30.2 Å². The first-order chi connectivity index (χ1) is 13.3. The lowest BCUT2D eigenvalue weighted by molar-refractivity contribution is 0.0951. The number of carbonyl (C=O) groups excluding carboxylic acids is 1. The first-order valence-corrected chi connectivity index (χ1v) is 10.5. The molecule has 138 valence electrons. The van der Waals surface area contributed by atoms with Crippen molar-refractivity contribution in [2.45, 2.75) is 50.1 Å². The molecule has 27 heavy (non-hydrogen) atoms. The van der Waals surface area contributed by atoms with E-state index in [-0.39, 0.29) is 5.91 Å². The number of anilines is 1. The minimum absolute atomic E-state index is 0.102. The molecule has 3 aliphatic carbocycles. The van der Waals surface area contributed by atoms with Gasteiger partial charge in [-0.05, 0) is 85.1 Å². The van der Waals surface area contributed by atoms with Crippen molar-refractivity contribution in [2.75, 3.05) is 5.32 Å². The minimum atomic E-state index is 0.102. The normalized spacial score (nSPS) is 33.1. The van der Waals surface area contributed by atoms with Crippen LogP contribution in [-0.2, 0) is 0 Å². The number of carbonyl (C=O) groups is 1.